The van der Waals surface area contributed by atoms with E-state index in [-0.39, 0.29) is 0 Å². The maximum absolute atomic E-state index is 6.55. The molecule has 0 saturated heterocycles. The molecule has 56 heavy (non-hydrogen) atoms. The van der Waals surface area contributed by atoms with Crippen LogP contribution in [0, 0.1) is 0 Å². The fourth-order valence-corrected chi connectivity index (χ4v) is 8.91. The summed E-state index contributed by atoms with van der Waals surface area (Å²) < 4.78 is 13.1. The van der Waals surface area contributed by atoms with Crippen LogP contribution >= 0.6 is 0 Å². The van der Waals surface area contributed by atoms with E-state index >= 15 is 0 Å². The minimum Gasteiger partial charge on any atom is -0.454 e. The minimum atomic E-state index is 0.772. The van der Waals surface area contributed by atoms with Crippen LogP contribution < -0.4 is 0 Å². The van der Waals surface area contributed by atoms with Gasteiger partial charge in [-0.3, -0.25) is 9.97 Å². The SMILES string of the molecule is c1ccc2c(c1)-c1ccccc1-c1ccc(-c3cc(-c4cccc5c4oc4cnccc45)cc(-c4cccc5c4oc4cnccc45)c3)cc1-c1ccccc1-2. The fraction of sp³-hybridized carbons (Fsp3) is 0. The van der Waals surface area contributed by atoms with Crippen molar-refractivity contribution in [1.29, 1.82) is 0 Å². The van der Waals surface area contributed by atoms with Gasteiger partial charge < -0.3 is 8.83 Å². The Labute approximate surface area is 322 Å². The Morgan fingerprint density at radius 1 is 0.286 bits per heavy atom. The highest BCUT2D eigenvalue weighted by molar-refractivity contribution is 6.12. The second kappa shape index (κ2) is 12.0. The van der Waals surface area contributed by atoms with Crippen molar-refractivity contribution in [3.05, 3.63) is 183 Å². The number of hydrogen-bond donors (Lipinski definition) is 0. The summed E-state index contributed by atoms with van der Waals surface area (Å²) in [6, 6.07) is 57.0. The lowest BCUT2D eigenvalue weighted by molar-refractivity contribution is 0.668. The molecule has 12 rings (SSSR count). The zero-order valence-electron chi connectivity index (χ0n) is 30.0. The van der Waals surface area contributed by atoms with Gasteiger partial charge in [-0.15, -0.1) is 0 Å². The molecule has 260 valence electrons. The number of pyridine rings is 2. The van der Waals surface area contributed by atoms with Gasteiger partial charge in [-0.25, -0.2) is 0 Å². The van der Waals surface area contributed by atoms with Gasteiger partial charge in [0.15, 0.2) is 11.2 Å². The summed E-state index contributed by atoms with van der Waals surface area (Å²) in [5.74, 6) is 0. The molecular weight excluding hydrogens is 685 g/mol. The normalized spacial score (nSPS) is 11.9. The lowest BCUT2D eigenvalue weighted by Crippen LogP contribution is -1.97. The number of nitrogens with zero attached hydrogens (tertiary/aromatic N) is 2. The first-order valence-corrected chi connectivity index (χ1v) is 18.9. The van der Waals surface area contributed by atoms with Gasteiger partial charge in [0, 0.05) is 45.1 Å². The van der Waals surface area contributed by atoms with Crippen molar-refractivity contribution in [2.75, 3.05) is 0 Å². The Bertz CT molecular complexity index is 3250. The van der Waals surface area contributed by atoms with Crippen molar-refractivity contribution in [1.82, 2.24) is 9.97 Å². The number of fused-ring (bicyclic) bond motifs is 14. The molecule has 4 nitrogen and oxygen atoms in total. The first-order chi connectivity index (χ1) is 27.8. The number of para-hydroxylation sites is 2. The van der Waals surface area contributed by atoms with Gasteiger partial charge in [0.2, 0.25) is 0 Å². The molecular formula is C52H30N2O2. The van der Waals surface area contributed by atoms with Crippen molar-refractivity contribution in [3.8, 4) is 77.9 Å². The second-order valence-corrected chi connectivity index (χ2v) is 14.5. The first kappa shape index (κ1) is 30.9. The summed E-state index contributed by atoms with van der Waals surface area (Å²) in [6.45, 7) is 0. The smallest absolute Gasteiger partial charge is 0.153 e. The van der Waals surface area contributed by atoms with Crippen LogP contribution in [0.1, 0.15) is 0 Å². The summed E-state index contributed by atoms with van der Waals surface area (Å²) in [5, 5.41) is 4.23. The van der Waals surface area contributed by atoms with Crippen LogP contribution in [0.4, 0.5) is 0 Å². The molecule has 0 spiro atoms. The Balaban J connectivity index is 1.13. The average Bonchev–Trinajstić information content (AvgIpc) is 3.84. The summed E-state index contributed by atoms with van der Waals surface area (Å²) in [4.78, 5) is 8.69. The van der Waals surface area contributed by atoms with E-state index in [2.05, 4.69) is 156 Å². The lowest BCUT2D eigenvalue weighted by atomic mass is 9.80. The molecule has 0 bridgehead atoms. The summed E-state index contributed by atoms with van der Waals surface area (Å²) in [5.41, 5.74) is 19.4. The third-order valence-electron chi connectivity index (χ3n) is 11.5. The fourth-order valence-electron chi connectivity index (χ4n) is 8.91. The lowest BCUT2D eigenvalue weighted by Gasteiger charge is -2.23. The van der Waals surface area contributed by atoms with Crippen molar-refractivity contribution >= 4 is 43.9 Å². The van der Waals surface area contributed by atoms with Crippen LogP contribution in [0.5, 0.6) is 0 Å². The molecule has 0 radical (unpaired) electrons. The Hall–Kier alpha value is -7.56. The van der Waals surface area contributed by atoms with Gasteiger partial charge in [-0.1, -0.05) is 121 Å². The Morgan fingerprint density at radius 3 is 1.18 bits per heavy atom. The summed E-state index contributed by atoms with van der Waals surface area (Å²) in [6.07, 6.45) is 7.23. The quantitative estimate of drug-likeness (QED) is 0.183. The molecule has 4 aromatic heterocycles. The van der Waals surface area contributed by atoms with E-state index in [0.717, 1.165) is 77.3 Å². The highest BCUT2D eigenvalue weighted by Gasteiger charge is 2.23. The predicted molar refractivity (Wildman–Crippen MR) is 228 cm³/mol. The van der Waals surface area contributed by atoms with Crippen molar-refractivity contribution in [3.63, 3.8) is 0 Å². The van der Waals surface area contributed by atoms with Crippen LogP contribution in [0.15, 0.2) is 191 Å². The van der Waals surface area contributed by atoms with Crippen LogP contribution in [0.3, 0.4) is 0 Å². The Kier molecular flexibility index (Phi) is 6.60. The van der Waals surface area contributed by atoms with E-state index < -0.39 is 0 Å². The highest BCUT2D eigenvalue weighted by atomic mass is 16.3. The van der Waals surface area contributed by atoms with Gasteiger partial charge in [-0.2, -0.15) is 0 Å². The van der Waals surface area contributed by atoms with E-state index in [1.807, 2.05) is 24.5 Å². The van der Waals surface area contributed by atoms with Gasteiger partial charge >= 0.3 is 0 Å². The first-order valence-electron chi connectivity index (χ1n) is 18.9. The molecule has 0 aliphatic heterocycles. The standard InChI is InChI=1S/C52H30N2O2/c1-2-10-38-37(9-1)39-11-3-4-13-41(39)43-20-19-31(28-48(43)42-14-6-5-12-40(38)42)32-25-33(35-15-7-17-46-44-21-23-53-29-49(44)55-51(35)46)27-34(26-32)36-16-8-18-47-45-22-24-54-30-50(45)56-52(36)47/h1-30H. The third-order valence-corrected chi connectivity index (χ3v) is 11.5. The van der Waals surface area contributed by atoms with E-state index in [4.69, 9.17) is 8.83 Å². The summed E-state index contributed by atoms with van der Waals surface area (Å²) >= 11 is 0. The zero-order valence-corrected chi connectivity index (χ0v) is 30.0. The van der Waals surface area contributed by atoms with Crippen molar-refractivity contribution in [2.45, 2.75) is 0 Å². The number of benzene rings is 7. The molecule has 11 aromatic rings. The van der Waals surface area contributed by atoms with Crippen LogP contribution in [0.2, 0.25) is 0 Å². The number of aromatic nitrogens is 2. The van der Waals surface area contributed by atoms with Crippen molar-refractivity contribution in [2.24, 2.45) is 0 Å². The van der Waals surface area contributed by atoms with E-state index in [9.17, 15) is 0 Å². The number of hydrogen-bond acceptors (Lipinski definition) is 4. The topological polar surface area (TPSA) is 52.1 Å². The maximum atomic E-state index is 6.55. The zero-order chi connectivity index (χ0) is 36.7. The molecule has 4 heteroatoms. The summed E-state index contributed by atoms with van der Waals surface area (Å²) in [7, 11) is 0. The minimum absolute atomic E-state index is 0.772. The molecule has 0 N–H and O–H groups in total. The van der Waals surface area contributed by atoms with Crippen molar-refractivity contribution < 1.29 is 8.83 Å². The van der Waals surface area contributed by atoms with Crippen LogP contribution in [-0.4, -0.2) is 9.97 Å². The molecule has 0 saturated carbocycles. The molecule has 1 aliphatic rings. The molecule has 0 amide bonds. The van der Waals surface area contributed by atoms with E-state index in [0.29, 0.717) is 0 Å². The Morgan fingerprint density at radius 2 is 0.696 bits per heavy atom. The van der Waals surface area contributed by atoms with E-state index in [1.165, 1.54) is 44.5 Å². The van der Waals surface area contributed by atoms with Crippen LogP contribution in [0.25, 0.3) is 122 Å². The van der Waals surface area contributed by atoms with Gasteiger partial charge in [0.1, 0.15) is 11.2 Å². The van der Waals surface area contributed by atoms with Crippen LogP contribution in [-0.2, 0) is 0 Å². The molecule has 4 heterocycles. The third kappa shape index (κ3) is 4.60. The molecule has 0 atom stereocenters. The van der Waals surface area contributed by atoms with Gasteiger partial charge in [0.05, 0.1) is 12.4 Å². The van der Waals surface area contributed by atoms with Gasteiger partial charge in [0.25, 0.3) is 0 Å². The van der Waals surface area contributed by atoms with E-state index in [1.54, 1.807) is 12.4 Å². The monoisotopic (exact) mass is 714 g/mol. The molecule has 7 aromatic carbocycles. The molecule has 0 unspecified atom stereocenters. The largest absolute Gasteiger partial charge is 0.454 e. The van der Waals surface area contributed by atoms with Gasteiger partial charge in [-0.05, 0) is 103 Å². The predicted octanol–water partition coefficient (Wildman–Crippen LogP) is 14.3. The maximum Gasteiger partial charge on any atom is 0.153 e. The highest BCUT2D eigenvalue weighted by Crippen LogP contribution is 2.49. The molecule has 0 fully saturated rings. The second-order valence-electron chi connectivity index (χ2n) is 14.5. The molecule has 1 aliphatic carbocycles. The average molecular weight is 715 g/mol. The number of rotatable bonds is 3. The number of furan rings is 2.